The summed E-state index contributed by atoms with van der Waals surface area (Å²) in [6, 6.07) is 3.54. The van der Waals surface area contributed by atoms with Crippen LogP contribution in [0.1, 0.15) is 38.1 Å². The number of rotatable bonds is 5. The molecular weight excluding hydrogens is 248 g/mol. The highest BCUT2D eigenvalue weighted by atomic mass is 19.1. The Morgan fingerprint density at radius 2 is 2.00 bits per heavy atom. The van der Waals surface area contributed by atoms with Gasteiger partial charge < -0.3 is 10.7 Å². The van der Waals surface area contributed by atoms with Crippen LogP contribution in [0.3, 0.4) is 0 Å². The van der Waals surface area contributed by atoms with Gasteiger partial charge in [-0.1, -0.05) is 25.8 Å². The Bertz CT molecular complexity index is 531. The van der Waals surface area contributed by atoms with Crippen molar-refractivity contribution in [2.24, 2.45) is 5.73 Å². The third-order valence-electron chi connectivity index (χ3n) is 3.05. The Morgan fingerprint density at radius 1 is 1.32 bits per heavy atom. The number of halogens is 2. The zero-order valence-corrected chi connectivity index (χ0v) is 10.8. The van der Waals surface area contributed by atoms with Crippen molar-refractivity contribution >= 4 is 0 Å². The smallest absolute Gasteiger partial charge is 0.135 e. The largest absolute Gasteiger partial charge is 0.341 e. The van der Waals surface area contributed by atoms with Gasteiger partial charge in [-0.25, -0.2) is 13.8 Å². The van der Waals surface area contributed by atoms with E-state index in [0.29, 0.717) is 11.5 Å². The van der Waals surface area contributed by atoms with Crippen LogP contribution in [0.4, 0.5) is 8.78 Å². The monoisotopic (exact) mass is 265 g/mol. The summed E-state index contributed by atoms with van der Waals surface area (Å²) in [5, 5.41) is 0. The van der Waals surface area contributed by atoms with E-state index in [9.17, 15) is 8.78 Å². The molecule has 102 valence electrons. The molecule has 3 nitrogen and oxygen atoms in total. The van der Waals surface area contributed by atoms with Crippen LogP contribution in [-0.2, 0) is 0 Å². The van der Waals surface area contributed by atoms with Crippen molar-refractivity contribution in [3.05, 3.63) is 41.9 Å². The van der Waals surface area contributed by atoms with Gasteiger partial charge in [-0.05, 0) is 18.6 Å². The fourth-order valence-corrected chi connectivity index (χ4v) is 1.97. The first-order valence-corrected chi connectivity index (χ1v) is 6.38. The summed E-state index contributed by atoms with van der Waals surface area (Å²) in [5.74, 6) is -0.666. The molecule has 1 heterocycles. The summed E-state index contributed by atoms with van der Waals surface area (Å²) < 4.78 is 27.3. The molecule has 1 aromatic heterocycles. The first-order chi connectivity index (χ1) is 9.13. The third-order valence-corrected chi connectivity index (χ3v) is 3.05. The molecular formula is C14H17F2N3. The summed E-state index contributed by atoms with van der Waals surface area (Å²) in [7, 11) is 0. The highest BCUT2D eigenvalue weighted by Gasteiger charge is 2.15. The van der Waals surface area contributed by atoms with Gasteiger partial charge in [0.15, 0.2) is 0 Å². The second kappa shape index (κ2) is 5.93. The SMILES string of the molecule is CCCCC(N)c1ncc(-c2c(F)cccc2F)[nH]1. The fraction of sp³-hybridized carbons (Fsp3) is 0.357. The molecule has 2 rings (SSSR count). The molecule has 0 spiro atoms. The van der Waals surface area contributed by atoms with E-state index in [1.165, 1.54) is 24.4 Å². The average Bonchev–Trinajstić information content (AvgIpc) is 2.85. The number of nitrogens with one attached hydrogen (secondary N) is 1. The maximum absolute atomic E-state index is 13.6. The number of unbranched alkanes of at least 4 members (excludes halogenated alkanes) is 1. The van der Waals surface area contributed by atoms with Crippen molar-refractivity contribution in [1.29, 1.82) is 0 Å². The van der Waals surface area contributed by atoms with E-state index in [2.05, 4.69) is 16.9 Å². The predicted molar refractivity (Wildman–Crippen MR) is 70.4 cm³/mol. The number of imidazole rings is 1. The number of benzene rings is 1. The molecule has 0 radical (unpaired) electrons. The minimum absolute atomic E-state index is 0.0936. The van der Waals surface area contributed by atoms with E-state index >= 15 is 0 Å². The summed E-state index contributed by atoms with van der Waals surface area (Å²) in [5.41, 5.74) is 6.19. The molecule has 0 aliphatic carbocycles. The summed E-state index contributed by atoms with van der Waals surface area (Å²) in [4.78, 5) is 7.02. The summed E-state index contributed by atoms with van der Waals surface area (Å²) >= 11 is 0. The van der Waals surface area contributed by atoms with Crippen LogP contribution in [0.2, 0.25) is 0 Å². The molecule has 1 atom stereocenters. The van der Waals surface area contributed by atoms with E-state index in [-0.39, 0.29) is 11.6 Å². The quantitative estimate of drug-likeness (QED) is 0.868. The minimum Gasteiger partial charge on any atom is -0.341 e. The van der Waals surface area contributed by atoms with Gasteiger partial charge in [0.05, 0.1) is 23.5 Å². The molecule has 0 amide bonds. The van der Waals surface area contributed by atoms with Crippen LogP contribution < -0.4 is 5.73 Å². The van der Waals surface area contributed by atoms with E-state index in [4.69, 9.17) is 5.73 Å². The van der Waals surface area contributed by atoms with Crippen molar-refractivity contribution in [2.45, 2.75) is 32.2 Å². The molecule has 2 aromatic rings. The topological polar surface area (TPSA) is 54.7 Å². The number of H-pyrrole nitrogens is 1. The van der Waals surface area contributed by atoms with Gasteiger partial charge in [-0.15, -0.1) is 0 Å². The molecule has 0 saturated heterocycles. The standard InChI is InChI=1S/C14H17F2N3/c1-2-3-7-11(17)14-18-8-12(19-14)13-9(15)5-4-6-10(13)16/h4-6,8,11H,2-3,7,17H2,1H3,(H,18,19). The van der Waals surface area contributed by atoms with Crippen LogP contribution in [0.25, 0.3) is 11.3 Å². The second-order valence-electron chi connectivity index (χ2n) is 4.53. The van der Waals surface area contributed by atoms with Gasteiger partial charge in [0.25, 0.3) is 0 Å². The second-order valence-corrected chi connectivity index (χ2v) is 4.53. The van der Waals surface area contributed by atoms with Crippen LogP contribution in [0.5, 0.6) is 0 Å². The highest BCUT2D eigenvalue weighted by Crippen LogP contribution is 2.25. The molecule has 1 aromatic carbocycles. The zero-order chi connectivity index (χ0) is 13.8. The van der Waals surface area contributed by atoms with E-state index in [1.54, 1.807) is 0 Å². The highest BCUT2D eigenvalue weighted by molar-refractivity contribution is 5.60. The maximum Gasteiger partial charge on any atom is 0.135 e. The molecule has 19 heavy (non-hydrogen) atoms. The van der Waals surface area contributed by atoms with Crippen LogP contribution in [0, 0.1) is 11.6 Å². The fourth-order valence-electron chi connectivity index (χ4n) is 1.97. The number of hydrogen-bond donors (Lipinski definition) is 2. The average molecular weight is 265 g/mol. The lowest BCUT2D eigenvalue weighted by Crippen LogP contribution is -2.11. The predicted octanol–water partition coefficient (Wildman–Crippen LogP) is 3.54. The Kier molecular flexibility index (Phi) is 4.27. The lowest BCUT2D eigenvalue weighted by atomic mass is 10.1. The number of hydrogen-bond acceptors (Lipinski definition) is 2. The first-order valence-electron chi connectivity index (χ1n) is 6.38. The maximum atomic E-state index is 13.6. The van der Waals surface area contributed by atoms with Gasteiger partial charge >= 0.3 is 0 Å². The number of nitrogens with two attached hydrogens (primary N) is 1. The molecule has 0 aliphatic rings. The molecule has 0 saturated carbocycles. The van der Waals surface area contributed by atoms with Crippen molar-refractivity contribution in [2.75, 3.05) is 0 Å². The summed E-state index contributed by atoms with van der Waals surface area (Å²) in [6.07, 6.45) is 4.25. The van der Waals surface area contributed by atoms with Crippen LogP contribution in [-0.4, -0.2) is 9.97 Å². The Hall–Kier alpha value is -1.75. The van der Waals surface area contributed by atoms with Gasteiger partial charge in [-0.3, -0.25) is 0 Å². The summed E-state index contributed by atoms with van der Waals surface area (Å²) in [6.45, 7) is 2.08. The van der Waals surface area contributed by atoms with Gasteiger partial charge in [0.2, 0.25) is 0 Å². The van der Waals surface area contributed by atoms with Gasteiger partial charge in [-0.2, -0.15) is 0 Å². The third kappa shape index (κ3) is 2.98. The van der Waals surface area contributed by atoms with Gasteiger partial charge in [0.1, 0.15) is 17.5 Å². The van der Waals surface area contributed by atoms with Gasteiger partial charge in [0, 0.05) is 0 Å². The van der Waals surface area contributed by atoms with Crippen molar-refractivity contribution in [1.82, 2.24) is 9.97 Å². The molecule has 0 fully saturated rings. The minimum atomic E-state index is -0.614. The first kappa shape index (κ1) is 13.7. The molecule has 5 heteroatoms. The lowest BCUT2D eigenvalue weighted by molar-refractivity contribution is 0.578. The molecule has 0 aliphatic heterocycles. The Labute approximate surface area is 110 Å². The van der Waals surface area contributed by atoms with Crippen molar-refractivity contribution < 1.29 is 8.78 Å². The van der Waals surface area contributed by atoms with E-state index in [0.717, 1.165) is 19.3 Å². The Balaban J connectivity index is 2.26. The lowest BCUT2D eigenvalue weighted by Gasteiger charge is -2.07. The molecule has 1 unspecified atom stereocenters. The number of nitrogens with zero attached hydrogens (tertiary/aromatic N) is 1. The van der Waals surface area contributed by atoms with E-state index < -0.39 is 11.6 Å². The normalized spacial score (nSPS) is 12.6. The van der Waals surface area contributed by atoms with Crippen LogP contribution >= 0.6 is 0 Å². The van der Waals surface area contributed by atoms with Crippen molar-refractivity contribution in [3.8, 4) is 11.3 Å². The molecule has 3 N–H and O–H groups in total. The number of aromatic nitrogens is 2. The van der Waals surface area contributed by atoms with Crippen molar-refractivity contribution in [3.63, 3.8) is 0 Å². The zero-order valence-electron chi connectivity index (χ0n) is 10.8. The van der Waals surface area contributed by atoms with E-state index in [1.807, 2.05) is 0 Å². The number of aromatic amines is 1. The Morgan fingerprint density at radius 3 is 2.63 bits per heavy atom. The van der Waals surface area contributed by atoms with Crippen LogP contribution in [0.15, 0.2) is 24.4 Å². The molecule has 0 bridgehead atoms.